The van der Waals surface area contributed by atoms with E-state index in [2.05, 4.69) is 5.32 Å². The third kappa shape index (κ3) is 8.24. The van der Waals surface area contributed by atoms with Crippen LogP contribution in [0, 0.1) is 19.8 Å². The van der Waals surface area contributed by atoms with Crippen molar-refractivity contribution in [1.29, 1.82) is 0 Å². The van der Waals surface area contributed by atoms with Crippen molar-refractivity contribution in [1.82, 2.24) is 10.2 Å². The summed E-state index contributed by atoms with van der Waals surface area (Å²) in [5.41, 5.74) is 3.69. The first-order valence-electron chi connectivity index (χ1n) is 12.4. The Morgan fingerprint density at radius 3 is 2.38 bits per heavy atom. The first kappa shape index (κ1) is 28.5. The van der Waals surface area contributed by atoms with E-state index in [1.54, 1.807) is 23.1 Å². The van der Waals surface area contributed by atoms with Gasteiger partial charge in [-0.05, 0) is 60.2 Å². The highest BCUT2D eigenvalue weighted by Crippen LogP contribution is 2.25. The Hall–Kier alpha value is -3.02. The number of aryl methyl sites for hydroxylation is 1. The standard InChI is InChI=1S/C30H34Cl2N2O3/c1-20(2)17-33-30(36)27(15-23-10-6-5-7-11-23)34(18-24-13-14-25(31)16-26(24)32)29(35)19-37-28-12-8-9-21(3)22(28)4/h5-14,16,20,27H,15,17-19H2,1-4H3,(H,33,36). The zero-order chi connectivity index (χ0) is 26.9. The number of ether oxygens (including phenoxy) is 1. The molecule has 0 saturated carbocycles. The van der Waals surface area contributed by atoms with Gasteiger partial charge in [-0.15, -0.1) is 0 Å². The van der Waals surface area contributed by atoms with E-state index in [9.17, 15) is 9.59 Å². The zero-order valence-electron chi connectivity index (χ0n) is 21.8. The minimum atomic E-state index is -0.761. The average Bonchev–Trinajstić information content (AvgIpc) is 2.87. The average molecular weight is 542 g/mol. The number of benzene rings is 3. The summed E-state index contributed by atoms with van der Waals surface area (Å²) in [7, 11) is 0. The van der Waals surface area contributed by atoms with Crippen molar-refractivity contribution in [2.75, 3.05) is 13.2 Å². The van der Waals surface area contributed by atoms with Crippen molar-refractivity contribution in [3.63, 3.8) is 0 Å². The van der Waals surface area contributed by atoms with Gasteiger partial charge in [-0.3, -0.25) is 9.59 Å². The van der Waals surface area contributed by atoms with Crippen LogP contribution in [0.25, 0.3) is 0 Å². The largest absolute Gasteiger partial charge is 0.483 e. The SMILES string of the molecule is Cc1cccc(OCC(=O)N(Cc2ccc(Cl)cc2Cl)C(Cc2ccccc2)C(=O)NCC(C)C)c1C. The van der Waals surface area contributed by atoms with Gasteiger partial charge in [-0.1, -0.05) is 85.6 Å². The summed E-state index contributed by atoms with van der Waals surface area (Å²) in [5.74, 6) is 0.376. The van der Waals surface area contributed by atoms with E-state index in [0.717, 1.165) is 16.7 Å². The molecule has 0 fully saturated rings. The molecule has 0 radical (unpaired) electrons. The normalized spacial score (nSPS) is 11.8. The van der Waals surface area contributed by atoms with Gasteiger partial charge in [0.05, 0.1) is 0 Å². The molecule has 0 aliphatic carbocycles. The first-order chi connectivity index (χ1) is 17.7. The third-order valence-electron chi connectivity index (χ3n) is 6.22. The second-order valence-corrected chi connectivity index (χ2v) is 10.4. The fourth-order valence-electron chi connectivity index (χ4n) is 3.91. The van der Waals surface area contributed by atoms with Gasteiger partial charge in [0, 0.05) is 29.6 Å². The molecule has 7 heteroatoms. The maximum atomic E-state index is 13.7. The van der Waals surface area contributed by atoms with E-state index in [1.807, 2.05) is 76.2 Å². The third-order valence-corrected chi connectivity index (χ3v) is 6.80. The van der Waals surface area contributed by atoms with Crippen LogP contribution in [0.15, 0.2) is 66.7 Å². The summed E-state index contributed by atoms with van der Waals surface area (Å²) in [4.78, 5) is 28.8. The summed E-state index contributed by atoms with van der Waals surface area (Å²) in [6, 6.07) is 19.8. The van der Waals surface area contributed by atoms with Crippen molar-refractivity contribution >= 4 is 35.0 Å². The molecule has 1 atom stereocenters. The van der Waals surface area contributed by atoms with Crippen LogP contribution in [0.5, 0.6) is 5.75 Å². The summed E-state index contributed by atoms with van der Waals surface area (Å²) < 4.78 is 5.95. The molecule has 5 nitrogen and oxygen atoms in total. The Morgan fingerprint density at radius 1 is 0.973 bits per heavy atom. The van der Waals surface area contributed by atoms with Crippen molar-refractivity contribution in [3.8, 4) is 5.75 Å². The van der Waals surface area contributed by atoms with Gasteiger partial charge in [-0.25, -0.2) is 0 Å². The van der Waals surface area contributed by atoms with Gasteiger partial charge in [0.1, 0.15) is 11.8 Å². The van der Waals surface area contributed by atoms with E-state index in [-0.39, 0.29) is 30.9 Å². The number of carbonyl (C=O) groups is 2. The van der Waals surface area contributed by atoms with Crippen LogP contribution < -0.4 is 10.1 Å². The second-order valence-electron chi connectivity index (χ2n) is 9.59. The van der Waals surface area contributed by atoms with Crippen molar-refractivity contribution in [3.05, 3.63) is 99.0 Å². The lowest BCUT2D eigenvalue weighted by atomic mass is 10.0. The highest BCUT2D eigenvalue weighted by atomic mass is 35.5. The molecule has 0 aliphatic rings. The molecule has 2 amide bonds. The molecule has 1 N–H and O–H groups in total. The second kappa shape index (κ2) is 13.5. The summed E-state index contributed by atoms with van der Waals surface area (Å²) in [5, 5.41) is 3.94. The number of hydrogen-bond donors (Lipinski definition) is 1. The van der Waals surface area contributed by atoms with E-state index in [0.29, 0.717) is 34.3 Å². The van der Waals surface area contributed by atoms with Crippen LogP contribution in [-0.2, 0) is 22.6 Å². The molecule has 37 heavy (non-hydrogen) atoms. The lowest BCUT2D eigenvalue weighted by Gasteiger charge is -2.32. The van der Waals surface area contributed by atoms with Crippen LogP contribution >= 0.6 is 23.2 Å². The summed E-state index contributed by atoms with van der Waals surface area (Å²) in [6.07, 6.45) is 0.352. The topological polar surface area (TPSA) is 58.6 Å². The molecule has 196 valence electrons. The van der Waals surface area contributed by atoms with Crippen molar-refractivity contribution in [2.24, 2.45) is 5.92 Å². The van der Waals surface area contributed by atoms with Crippen LogP contribution in [-0.4, -0.2) is 35.9 Å². The molecule has 3 rings (SSSR count). The van der Waals surface area contributed by atoms with E-state index in [4.69, 9.17) is 27.9 Å². The van der Waals surface area contributed by atoms with E-state index in [1.165, 1.54) is 0 Å². The molecule has 0 heterocycles. The van der Waals surface area contributed by atoms with E-state index < -0.39 is 6.04 Å². The zero-order valence-corrected chi connectivity index (χ0v) is 23.3. The predicted octanol–water partition coefficient (Wildman–Crippen LogP) is 6.40. The Morgan fingerprint density at radius 2 is 1.70 bits per heavy atom. The van der Waals surface area contributed by atoms with Crippen molar-refractivity contribution in [2.45, 2.75) is 46.7 Å². The molecule has 0 spiro atoms. The van der Waals surface area contributed by atoms with Gasteiger partial charge in [0.15, 0.2) is 6.61 Å². The molecular weight excluding hydrogens is 507 g/mol. The van der Waals surface area contributed by atoms with E-state index >= 15 is 0 Å². The Labute approximate surface area is 229 Å². The maximum Gasteiger partial charge on any atom is 0.261 e. The lowest BCUT2D eigenvalue weighted by molar-refractivity contribution is -0.142. The number of nitrogens with zero attached hydrogens (tertiary/aromatic N) is 1. The fraction of sp³-hybridized carbons (Fsp3) is 0.333. The summed E-state index contributed by atoms with van der Waals surface area (Å²) in [6.45, 7) is 8.44. The molecule has 3 aromatic rings. The minimum Gasteiger partial charge on any atom is -0.483 e. The quantitative estimate of drug-likeness (QED) is 0.306. The molecule has 1 unspecified atom stereocenters. The number of amides is 2. The number of nitrogens with one attached hydrogen (secondary N) is 1. The van der Waals surface area contributed by atoms with Gasteiger partial charge >= 0.3 is 0 Å². The predicted molar refractivity (Wildman–Crippen MR) is 150 cm³/mol. The number of halogens is 2. The number of hydrogen-bond acceptors (Lipinski definition) is 3. The molecule has 0 aliphatic heterocycles. The van der Waals surface area contributed by atoms with Crippen LogP contribution in [0.2, 0.25) is 10.0 Å². The Bertz CT molecular complexity index is 1210. The Balaban J connectivity index is 1.95. The van der Waals surface area contributed by atoms with Crippen LogP contribution in [0.3, 0.4) is 0 Å². The van der Waals surface area contributed by atoms with Gasteiger partial charge < -0.3 is 15.0 Å². The monoisotopic (exact) mass is 540 g/mol. The highest BCUT2D eigenvalue weighted by Gasteiger charge is 2.31. The molecule has 0 aromatic heterocycles. The van der Waals surface area contributed by atoms with Crippen LogP contribution in [0.4, 0.5) is 0 Å². The molecular formula is C30H34Cl2N2O3. The van der Waals surface area contributed by atoms with Crippen molar-refractivity contribution < 1.29 is 14.3 Å². The van der Waals surface area contributed by atoms with Gasteiger partial charge in [0.25, 0.3) is 5.91 Å². The smallest absolute Gasteiger partial charge is 0.261 e. The number of rotatable bonds is 11. The first-order valence-corrected chi connectivity index (χ1v) is 13.1. The Kier molecular flexibility index (Phi) is 10.4. The molecule has 3 aromatic carbocycles. The van der Waals surface area contributed by atoms with Gasteiger partial charge in [-0.2, -0.15) is 0 Å². The maximum absolute atomic E-state index is 13.7. The summed E-state index contributed by atoms with van der Waals surface area (Å²) >= 11 is 12.6. The van der Waals surface area contributed by atoms with Gasteiger partial charge in [0.2, 0.25) is 5.91 Å². The lowest BCUT2D eigenvalue weighted by Crippen LogP contribution is -2.52. The molecule has 0 saturated heterocycles. The molecule has 0 bridgehead atoms. The fourth-order valence-corrected chi connectivity index (χ4v) is 4.38. The highest BCUT2D eigenvalue weighted by molar-refractivity contribution is 6.35. The minimum absolute atomic E-state index is 0.137. The number of carbonyl (C=O) groups excluding carboxylic acids is 2. The van der Waals surface area contributed by atoms with Crippen LogP contribution in [0.1, 0.15) is 36.1 Å².